The lowest BCUT2D eigenvalue weighted by molar-refractivity contribution is -0.120. The molecule has 1 amide bonds. The van der Waals surface area contributed by atoms with E-state index in [0.29, 0.717) is 13.1 Å². The highest BCUT2D eigenvalue weighted by Crippen LogP contribution is 2.09. The Hall–Kier alpha value is -1.06. The third-order valence-corrected chi connectivity index (χ3v) is 2.68. The Morgan fingerprint density at radius 1 is 1.22 bits per heavy atom. The lowest BCUT2D eigenvalue weighted by Crippen LogP contribution is -2.43. The van der Waals surface area contributed by atoms with Crippen LogP contribution in [-0.4, -0.2) is 24.5 Å². The monoisotopic (exact) mass is 268 g/mol. The zero-order valence-electron chi connectivity index (χ0n) is 11.2. The minimum absolute atomic E-state index is 0.0267. The number of nitrogens with one attached hydrogen (secondary N) is 2. The first-order chi connectivity index (χ1) is 8.37. The van der Waals surface area contributed by atoms with Gasteiger partial charge < -0.3 is 10.6 Å². The predicted octanol–water partition coefficient (Wildman–Crippen LogP) is 2.39. The van der Waals surface area contributed by atoms with Crippen molar-refractivity contribution in [1.82, 2.24) is 10.6 Å². The molecule has 0 saturated carbocycles. The summed E-state index contributed by atoms with van der Waals surface area (Å²) in [7, 11) is 0. The molecule has 4 heteroatoms. The molecule has 1 aromatic rings. The van der Waals surface area contributed by atoms with Crippen molar-refractivity contribution in [3.63, 3.8) is 0 Å². The van der Waals surface area contributed by atoms with Gasteiger partial charge in [0.1, 0.15) is 0 Å². The van der Waals surface area contributed by atoms with E-state index in [2.05, 4.69) is 10.6 Å². The second-order valence-corrected chi connectivity index (χ2v) is 5.77. The molecule has 1 rings (SSSR count). The van der Waals surface area contributed by atoms with Crippen LogP contribution in [0.25, 0.3) is 0 Å². The molecule has 0 spiro atoms. The molecule has 0 aliphatic heterocycles. The number of halogens is 1. The number of hydrogen-bond acceptors (Lipinski definition) is 2. The molecule has 1 aromatic carbocycles. The summed E-state index contributed by atoms with van der Waals surface area (Å²) < 4.78 is 0. The van der Waals surface area contributed by atoms with Crippen molar-refractivity contribution in [2.75, 3.05) is 13.1 Å². The second-order valence-electron chi connectivity index (χ2n) is 5.33. The number of benzene rings is 1. The average molecular weight is 269 g/mol. The van der Waals surface area contributed by atoms with Gasteiger partial charge in [0, 0.05) is 17.1 Å². The average Bonchev–Trinajstić information content (AvgIpc) is 2.28. The van der Waals surface area contributed by atoms with Crippen LogP contribution in [0.4, 0.5) is 0 Å². The molecule has 0 aromatic heterocycles. The normalized spacial score (nSPS) is 11.3. The fraction of sp³-hybridized carbons (Fsp3) is 0.500. The number of carbonyl (C=O) groups is 1. The number of amides is 1. The SMILES string of the molecule is CC(C)(C)NCC(=O)NCCc1ccc(Cl)cc1. The summed E-state index contributed by atoms with van der Waals surface area (Å²) >= 11 is 5.80. The van der Waals surface area contributed by atoms with E-state index in [0.717, 1.165) is 11.4 Å². The van der Waals surface area contributed by atoms with Crippen LogP contribution in [0.15, 0.2) is 24.3 Å². The summed E-state index contributed by atoms with van der Waals surface area (Å²) in [5.74, 6) is 0.0267. The van der Waals surface area contributed by atoms with Gasteiger partial charge in [-0.3, -0.25) is 4.79 Å². The Bertz CT molecular complexity index is 382. The molecule has 3 nitrogen and oxygen atoms in total. The molecule has 0 aliphatic rings. The van der Waals surface area contributed by atoms with Gasteiger partial charge in [0.2, 0.25) is 5.91 Å². The molecular weight excluding hydrogens is 248 g/mol. The van der Waals surface area contributed by atoms with E-state index in [4.69, 9.17) is 11.6 Å². The lowest BCUT2D eigenvalue weighted by atomic mass is 10.1. The van der Waals surface area contributed by atoms with Gasteiger partial charge >= 0.3 is 0 Å². The maximum absolute atomic E-state index is 11.5. The molecule has 0 saturated heterocycles. The Labute approximate surface area is 114 Å². The minimum atomic E-state index is -0.0342. The number of hydrogen-bond donors (Lipinski definition) is 2. The third kappa shape index (κ3) is 6.62. The summed E-state index contributed by atoms with van der Waals surface area (Å²) in [6, 6.07) is 7.67. The largest absolute Gasteiger partial charge is 0.355 e. The van der Waals surface area contributed by atoms with E-state index in [1.165, 1.54) is 5.56 Å². The van der Waals surface area contributed by atoms with Gasteiger partial charge in [-0.05, 0) is 44.9 Å². The molecule has 0 atom stereocenters. The van der Waals surface area contributed by atoms with Gasteiger partial charge in [-0.25, -0.2) is 0 Å². The standard InChI is InChI=1S/C14H21ClN2O/c1-14(2,3)17-10-13(18)16-9-8-11-4-6-12(15)7-5-11/h4-7,17H,8-10H2,1-3H3,(H,16,18). The third-order valence-electron chi connectivity index (χ3n) is 2.43. The van der Waals surface area contributed by atoms with Crippen molar-refractivity contribution >= 4 is 17.5 Å². The summed E-state index contributed by atoms with van der Waals surface area (Å²) in [4.78, 5) is 11.5. The molecule has 18 heavy (non-hydrogen) atoms. The number of rotatable bonds is 5. The van der Waals surface area contributed by atoms with Gasteiger partial charge in [0.15, 0.2) is 0 Å². The van der Waals surface area contributed by atoms with Gasteiger partial charge in [0.25, 0.3) is 0 Å². The van der Waals surface area contributed by atoms with E-state index >= 15 is 0 Å². The summed E-state index contributed by atoms with van der Waals surface area (Å²) in [6.07, 6.45) is 0.818. The van der Waals surface area contributed by atoms with Crippen LogP contribution in [0.5, 0.6) is 0 Å². The van der Waals surface area contributed by atoms with Crippen LogP contribution in [0.2, 0.25) is 5.02 Å². The van der Waals surface area contributed by atoms with Crippen molar-refractivity contribution in [2.45, 2.75) is 32.7 Å². The quantitative estimate of drug-likeness (QED) is 0.861. The maximum Gasteiger partial charge on any atom is 0.233 e. The van der Waals surface area contributed by atoms with Crippen molar-refractivity contribution in [2.24, 2.45) is 0 Å². The first-order valence-electron chi connectivity index (χ1n) is 6.13. The lowest BCUT2D eigenvalue weighted by Gasteiger charge is -2.20. The van der Waals surface area contributed by atoms with Gasteiger partial charge in [-0.1, -0.05) is 23.7 Å². The Balaban J connectivity index is 2.21. The van der Waals surface area contributed by atoms with Crippen LogP contribution in [0.1, 0.15) is 26.3 Å². The number of carbonyl (C=O) groups excluding carboxylic acids is 1. The van der Waals surface area contributed by atoms with E-state index in [1.807, 2.05) is 45.0 Å². The zero-order chi connectivity index (χ0) is 13.6. The Morgan fingerprint density at radius 2 is 1.83 bits per heavy atom. The highest BCUT2D eigenvalue weighted by Gasteiger charge is 2.10. The van der Waals surface area contributed by atoms with E-state index < -0.39 is 0 Å². The molecule has 0 radical (unpaired) electrons. The van der Waals surface area contributed by atoms with Crippen LogP contribution >= 0.6 is 11.6 Å². The fourth-order valence-corrected chi connectivity index (χ4v) is 1.53. The zero-order valence-corrected chi connectivity index (χ0v) is 12.0. The molecule has 2 N–H and O–H groups in total. The fourth-order valence-electron chi connectivity index (χ4n) is 1.41. The molecule has 0 aliphatic carbocycles. The molecule has 100 valence electrons. The summed E-state index contributed by atoms with van der Waals surface area (Å²) in [5, 5.41) is 6.77. The molecule has 0 unspecified atom stereocenters. The van der Waals surface area contributed by atoms with Crippen LogP contribution in [0.3, 0.4) is 0 Å². The van der Waals surface area contributed by atoms with Crippen molar-refractivity contribution in [3.05, 3.63) is 34.9 Å². The van der Waals surface area contributed by atoms with E-state index in [9.17, 15) is 4.79 Å². The Morgan fingerprint density at radius 3 is 2.39 bits per heavy atom. The van der Waals surface area contributed by atoms with Crippen LogP contribution < -0.4 is 10.6 Å². The topological polar surface area (TPSA) is 41.1 Å². The highest BCUT2D eigenvalue weighted by molar-refractivity contribution is 6.30. The van der Waals surface area contributed by atoms with Crippen molar-refractivity contribution in [3.8, 4) is 0 Å². The maximum atomic E-state index is 11.5. The van der Waals surface area contributed by atoms with E-state index in [-0.39, 0.29) is 11.4 Å². The summed E-state index contributed by atoms with van der Waals surface area (Å²) in [6.45, 7) is 7.10. The van der Waals surface area contributed by atoms with Crippen molar-refractivity contribution in [1.29, 1.82) is 0 Å². The van der Waals surface area contributed by atoms with Gasteiger partial charge in [0.05, 0.1) is 6.54 Å². The van der Waals surface area contributed by atoms with E-state index in [1.54, 1.807) is 0 Å². The molecule has 0 fully saturated rings. The smallest absolute Gasteiger partial charge is 0.233 e. The Kier molecular flexibility index (Phi) is 5.63. The second kappa shape index (κ2) is 6.76. The summed E-state index contributed by atoms with van der Waals surface area (Å²) in [5.41, 5.74) is 1.14. The van der Waals surface area contributed by atoms with Crippen LogP contribution in [-0.2, 0) is 11.2 Å². The predicted molar refractivity (Wildman–Crippen MR) is 75.9 cm³/mol. The first-order valence-corrected chi connectivity index (χ1v) is 6.51. The van der Waals surface area contributed by atoms with Gasteiger partial charge in [-0.2, -0.15) is 0 Å². The molecule has 0 bridgehead atoms. The highest BCUT2D eigenvalue weighted by atomic mass is 35.5. The van der Waals surface area contributed by atoms with Gasteiger partial charge in [-0.15, -0.1) is 0 Å². The van der Waals surface area contributed by atoms with Crippen LogP contribution in [0, 0.1) is 0 Å². The molecular formula is C14H21ClN2O. The minimum Gasteiger partial charge on any atom is -0.355 e. The molecule has 0 heterocycles. The van der Waals surface area contributed by atoms with Crippen molar-refractivity contribution < 1.29 is 4.79 Å². The first kappa shape index (κ1) is 15.0.